The molecule has 3 unspecified atom stereocenters. The predicted octanol–water partition coefficient (Wildman–Crippen LogP) is 4.84. The number of thiazole rings is 1. The van der Waals surface area contributed by atoms with Gasteiger partial charge in [0, 0.05) is 18.9 Å². The molecule has 2 heterocycles. The van der Waals surface area contributed by atoms with Crippen molar-refractivity contribution in [3.05, 3.63) is 40.4 Å². The average Bonchev–Trinajstić information content (AvgIpc) is 3.26. The number of ether oxygens (including phenoxy) is 1. The molecule has 0 spiro atoms. The van der Waals surface area contributed by atoms with Crippen LogP contribution in [0.2, 0.25) is 0 Å². The van der Waals surface area contributed by atoms with Crippen LogP contribution >= 0.6 is 11.3 Å². The minimum atomic E-state index is -1.23. The van der Waals surface area contributed by atoms with E-state index in [1.54, 1.807) is 32.1 Å². The number of benzene rings is 1. The van der Waals surface area contributed by atoms with Crippen LogP contribution in [0.3, 0.4) is 0 Å². The zero-order valence-electron chi connectivity index (χ0n) is 22.0. The summed E-state index contributed by atoms with van der Waals surface area (Å²) < 4.78 is 6.90. The molecule has 0 saturated heterocycles. The van der Waals surface area contributed by atoms with Crippen molar-refractivity contribution in [3.63, 3.8) is 0 Å². The zero-order chi connectivity index (χ0) is 26.6. The van der Waals surface area contributed by atoms with Crippen molar-refractivity contribution in [2.75, 3.05) is 0 Å². The zero-order valence-corrected chi connectivity index (χ0v) is 22.8. The maximum Gasteiger partial charge on any atom is 0.309 e. The van der Waals surface area contributed by atoms with Crippen LogP contribution in [0, 0.1) is 17.3 Å². The summed E-state index contributed by atoms with van der Waals surface area (Å²) in [6.45, 7) is 9.33. The van der Waals surface area contributed by atoms with Crippen molar-refractivity contribution in [2.45, 2.75) is 91.6 Å². The van der Waals surface area contributed by atoms with E-state index >= 15 is 0 Å². The summed E-state index contributed by atoms with van der Waals surface area (Å²) >= 11 is 1.54. The molecule has 0 aliphatic carbocycles. The van der Waals surface area contributed by atoms with E-state index < -0.39 is 35.6 Å². The SMILES string of the molecule is C/C1=C/C[C@@H](c2ccc3sc(CN)nc3c2)OC(=O)CC(O)C(C)(C)C(=O)C(C)[C@@H](O)C(C)CCC1. The van der Waals surface area contributed by atoms with E-state index in [4.69, 9.17) is 10.5 Å². The number of aromatic nitrogens is 1. The molecular weight excluding hydrogens is 476 g/mol. The molecule has 36 heavy (non-hydrogen) atoms. The van der Waals surface area contributed by atoms with Gasteiger partial charge in [-0.2, -0.15) is 0 Å². The van der Waals surface area contributed by atoms with E-state index in [0.29, 0.717) is 13.0 Å². The molecule has 2 aromatic rings. The fourth-order valence-electron chi connectivity index (χ4n) is 4.83. The summed E-state index contributed by atoms with van der Waals surface area (Å²) in [5, 5.41) is 22.5. The Morgan fingerprint density at radius 1 is 1.22 bits per heavy atom. The number of aliphatic hydroxyl groups is 2. The fourth-order valence-corrected chi connectivity index (χ4v) is 5.66. The molecule has 198 valence electrons. The van der Waals surface area contributed by atoms with Gasteiger partial charge in [-0.15, -0.1) is 11.3 Å². The van der Waals surface area contributed by atoms with Gasteiger partial charge in [0.25, 0.3) is 0 Å². The minimum absolute atomic E-state index is 0.0569. The van der Waals surface area contributed by atoms with Crippen LogP contribution in [0.4, 0.5) is 0 Å². The maximum absolute atomic E-state index is 13.2. The third-order valence-electron chi connectivity index (χ3n) is 7.52. The van der Waals surface area contributed by atoms with Crippen LogP contribution in [-0.2, 0) is 20.9 Å². The van der Waals surface area contributed by atoms with E-state index in [0.717, 1.165) is 40.1 Å². The lowest BCUT2D eigenvalue weighted by atomic mass is 9.73. The highest BCUT2D eigenvalue weighted by atomic mass is 32.1. The molecule has 3 rings (SSSR count). The summed E-state index contributed by atoms with van der Waals surface area (Å²) in [5.74, 6) is -1.54. The van der Waals surface area contributed by atoms with Gasteiger partial charge >= 0.3 is 5.97 Å². The lowest BCUT2D eigenvalue weighted by molar-refractivity contribution is -0.155. The van der Waals surface area contributed by atoms with E-state index in [9.17, 15) is 19.8 Å². The number of esters is 1. The number of hydrogen-bond donors (Lipinski definition) is 3. The van der Waals surface area contributed by atoms with Crippen LogP contribution in [0.1, 0.15) is 83.4 Å². The Labute approximate surface area is 217 Å². The Bertz CT molecular complexity index is 1110. The molecule has 5 atom stereocenters. The van der Waals surface area contributed by atoms with E-state index in [-0.39, 0.29) is 18.1 Å². The number of Topliss-reactive ketones (excluding diaryl/α,β-unsaturated/α-hetero) is 1. The number of nitrogens with two attached hydrogens (primary N) is 1. The molecule has 0 bridgehead atoms. The molecule has 8 heteroatoms. The number of carbonyl (C=O) groups excluding carboxylic acids is 2. The number of hydrogen-bond acceptors (Lipinski definition) is 8. The number of aliphatic hydroxyl groups excluding tert-OH is 2. The van der Waals surface area contributed by atoms with Crippen molar-refractivity contribution in [3.8, 4) is 0 Å². The molecule has 0 radical (unpaired) electrons. The van der Waals surface area contributed by atoms with Gasteiger partial charge in [0.2, 0.25) is 0 Å². The number of cyclic esters (lactones) is 1. The Hall–Kier alpha value is -2.13. The lowest BCUT2D eigenvalue weighted by Crippen LogP contribution is -2.45. The van der Waals surface area contributed by atoms with Gasteiger partial charge in [-0.05, 0) is 49.8 Å². The number of allylic oxidation sites excluding steroid dienone is 1. The predicted molar refractivity (Wildman–Crippen MR) is 142 cm³/mol. The van der Waals surface area contributed by atoms with Crippen LogP contribution in [0.5, 0.6) is 0 Å². The molecule has 4 N–H and O–H groups in total. The second-order valence-electron chi connectivity index (χ2n) is 10.8. The Morgan fingerprint density at radius 3 is 2.64 bits per heavy atom. The molecule has 7 nitrogen and oxygen atoms in total. The van der Waals surface area contributed by atoms with Crippen molar-refractivity contribution < 1.29 is 24.5 Å². The Balaban J connectivity index is 1.91. The quantitative estimate of drug-likeness (QED) is 0.386. The molecule has 1 aliphatic heterocycles. The van der Waals surface area contributed by atoms with Crippen LogP contribution in [-0.4, -0.2) is 39.2 Å². The third-order valence-corrected chi connectivity index (χ3v) is 8.58. The van der Waals surface area contributed by atoms with Gasteiger partial charge in [0.1, 0.15) is 16.9 Å². The summed E-state index contributed by atoms with van der Waals surface area (Å²) in [4.78, 5) is 30.8. The van der Waals surface area contributed by atoms with Crippen molar-refractivity contribution >= 4 is 33.3 Å². The normalized spacial score (nSPS) is 30.6. The lowest BCUT2D eigenvalue weighted by Gasteiger charge is -2.34. The van der Waals surface area contributed by atoms with Crippen molar-refractivity contribution in [1.29, 1.82) is 0 Å². The number of rotatable bonds is 2. The van der Waals surface area contributed by atoms with Crippen molar-refractivity contribution in [2.24, 2.45) is 23.0 Å². The highest BCUT2D eigenvalue weighted by Gasteiger charge is 2.42. The van der Waals surface area contributed by atoms with Crippen LogP contribution in [0.15, 0.2) is 29.8 Å². The first-order chi connectivity index (χ1) is 16.9. The molecular formula is C28H40N2O5S. The number of ketones is 1. The molecule has 1 aromatic heterocycles. The first kappa shape index (κ1) is 28.4. The second kappa shape index (κ2) is 11.9. The first-order valence-electron chi connectivity index (χ1n) is 12.8. The highest BCUT2D eigenvalue weighted by Crippen LogP contribution is 2.34. The van der Waals surface area contributed by atoms with Crippen LogP contribution < -0.4 is 5.73 Å². The fraction of sp³-hybridized carbons (Fsp3) is 0.607. The standard InChI is InChI=1S/C28H40N2O5S/c1-16-7-6-8-17(2)26(33)18(3)27(34)28(4,5)23(31)14-25(32)35-21(11-9-16)19-10-12-22-20(13-19)30-24(15-29)36-22/h9-10,12-13,17-18,21,23,26,31,33H,6-8,11,14-15,29H2,1-5H3/b16-9-/t17?,18?,21-,23?,26-/m0/s1. The average molecular weight is 517 g/mol. The smallest absolute Gasteiger partial charge is 0.309 e. The van der Waals surface area contributed by atoms with E-state index in [2.05, 4.69) is 18.0 Å². The monoisotopic (exact) mass is 516 g/mol. The molecule has 0 amide bonds. The van der Waals surface area contributed by atoms with Crippen LogP contribution in [0.25, 0.3) is 10.2 Å². The Morgan fingerprint density at radius 2 is 1.94 bits per heavy atom. The van der Waals surface area contributed by atoms with Gasteiger partial charge in [0.05, 0.1) is 34.3 Å². The third kappa shape index (κ3) is 6.59. The van der Waals surface area contributed by atoms with Gasteiger partial charge < -0.3 is 20.7 Å². The van der Waals surface area contributed by atoms with Gasteiger partial charge in [-0.3, -0.25) is 9.59 Å². The van der Waals surface area contributed by atoms with E-state index in [1.165, 1.54) is 5.57 Å². The minimum Gasteiger partial charge on any atom is -0.457 e. The molecule has 1 aromatic carbocycles. The number of nitrogens with zero attached hydrogens (tertiary/aromatic N) is 1. The van der Waals surface area contributed by atoms with E-state index in [1.807, 2.05) is 25.1 Å². The molecule has 0 saturated carbocycles. The summed E-state index contributed by atoms with van der Waals surface area (Å²) in [7, 11) is 0. The molecule has 0 fully saturated rings. The van der Waals surface area contributed by atoms with Gasteiger partial charge in [-0.25, -0.2) is 4.98 Å². The summed E-state index contributed by atoms with van der Waals surface area (Å²) in [5.41, 5.74) is 7.36. The first-order valence-corrected chi connectivity index (χ1v) is 13.6. The summed E-state index contributed by atoms with van der Waals surface area (Å²) in [6.07, 6.45) is 2.21. The number of carbonyl (C=O) groups is 2. The second-order valence-corrected chi connectivity index (χ2v) is 11.9. The largest absolute Gasteiger partial charge is 0.457 e. The van der Waals surface area contributed by atoms with Gasteiger partial charge in [0.15, 0.2) is 0 Å². The number of fused-ring (bicyclic) bond motifs is 1. The van der Waals surface area contributed by atoms with Gasteiger partial charge in [-0.1, -0.05) is 45.4 Å². The van der Waals surface area contributed by atoms with Crippen molar-refractivity contribution in [1.82, 2.24) is 4.98 Å². The maximum atomic E-state index is 13.2. The highest BCUT2D eigenvalue weighted by molar-refractivity contribution is 7.18. The Kier molecular flexibility index (Phi) is 9.44. The summed E-state index contributed by atoms with van der Waals surface area (Å²) in [6, 6.07) is 5.84. The topological polar surface area (TPSA) is 123 Å². The molecule has 1 aliphatic rings.